The van der Waals surface area contributed by atoms with E-state index >= 15 is 0 Å². The summed E-state index contributed by atoms with van der Waals surface area (Å²) in [6, 6.07) is 9.49. The monoisotopic (exact) mass is 397 g/mol. The highest BCUT2D eigenvalue weighted by Gasteiger charge is 2.59. The van der Waals surface area contributed by atoms with Crippen LogP contribution in [0.15, 0.2) is 30.3 Å². The number of rotatable bonds is 3. The zero-order chi connectivity index (χ0) is 20.3. The van der Waals surface area contributed by atoms with E-state index in [0.717, 1.165) is 12.0 Å². The van der Waals surface area contributed by atoms with Crippen LogP contribution in [0.2, 0.25) is 0 Å². The normalized spacial score (nSPS) is 38.9. The van der Waals surface area contributed by atoms with Gasteiger partial charge in [-0.3, -0.25) is 14.5 Å². The van der Waals surface area contributed by atoms with Gasteiger partial charge in [0.1, 0.15) is 6.10 Å². The van der Waals surface area contributed by atoms with Crippen LogP contribution in [0.25, 0.3) is 0 Å². The number of nitrogens with zero attached hydrogens (tertiary/aromatic N) is 1. The van der Waals surface area contributed by atoms with Crippen molar-refractivity contribution in [2.75, 3.05) is 13.1 Å². The molecule has 1 aromatic rings. The average molecular weight is 397 g/mol. The molecule has 29 heavy (non-hydrogen) atoms. The van der Waals surface area contributed by atoms with Crippen molar-refractivity contribution in [3.05, 3.63) is 35.9 Å². The van der Waals surface area contributed by atoms with Crippen LogP contribution in [-0.4, -0.2) is 49.1 Å². The van der Waals surface area contributed by atoms with Gasteiger partial charge < -0.3 is 14.0 Å². The van der Waals surface area contributed by atoms with Gasteiger partial charge in [-0.2, -0.15) is 0 Å². The molecule has 7 heteroatoms. The summed E-state index contributed by atoms with van der Waals surface area (Å²) < 4.78 is 16.7. The number of epoxide rings is 1. The summed E-state index contributed by atoms with van der Waals surface area (Å²) in [5, 5.41) is 0. The predicted octanol–water partition coefficient (Wildman–Crippen LogP) is 2.63. The summed E-state index contributed by atoms with van der Waals surface area (Å²) in [5.74, 6) is 1.04. The van der Waals surface area contributed by atoms with Crippen LogP contribution in [0.1, 0.15) is 45.3 Å². The third-order valence-corrected chi connectivity index (χ3v) is 7.86. The van der Waals surface area contributed by atoms with E-state index in [9.17, 15) is 9.59 Å². The fraction of sp³-hybridized carbons (Fsp3) is 0.636. The lowest BCUT2D eigenvalue weighted by Crippen LogP contribution is -2.62. The van der Waals surface area contributed by atoms with E-state index in [1.807, 2.05) is 35.2 Å². The van der Waals surface area contributed by atoms with Gasteiger partial charge in [-0.25, -0.2) is 0 Å². The molecular formula is C22H28BNO5. The van der Waals surface area contributed by atoms with E-state index in [2.05, 4.69) is 20.8 Å². The van der Waals surface area contributed by atoms with Gasteiger partial charge in [0.05, 0.1) is 13.1 Å². The number of hydrogen-bond donors (Lipinski definition) is 0. The van der Waals surface area contributed by atoms with Gasteiger partial charge >= 0.3 is 19.1 Å². The Morgan fingerprint density at radius 3 is 2.28 bits per heavy atom. The Bertz CT molecular complexity index is 795. The van der Waals surface area contributed by atoms with Gasteiger partial charge in [-0.15, -0.1) is 0 Å². The Balaban J connectivity index is 1.25. The lowest BCUT2D eigenvalue weighted by Gasteiger charge is -2.63. The molecule has 0 amide bonds. The summed E-state index contributed by atoms with van der Waals surface area (Å²) in [5.41, 5.74) is 1.35. The van der Waals surface area contributed by atoms with Crippen LogP contribution in [0.4, 0.5) is 0 Å². The quantitative estimate of drug-likeness (QED) is 0.577. The second-order valence-electron chi connectivity index (χ2n) is 9.71. The first-order chi connectivity index (χ1) is 13.8. The Kier molecular flexibility index (Phi) is 4.51. The fourth-order valence-electron chi connectivity index (χ4n) is 5.96. The Morgan fingerprint density at radius 2 is 1.69 bits per heavy atom. The zero-order valence-corrected chi connectivity index (χ0v) is 17.2. The third kappa shape index (κ3) is 3.28. The van der Waals surface area contributed by atoms with Crippen molar-refractivity contribution < 1.29 is 23.6 Å². The largest absolute Gasteiger partial charge is 0.632 e. The first kappa shape index (κ1) is 19.1. The molecule has 6 nitrogen and oxygen atoms in total. The standard InChI is InChI=1S/C22H28BNO5/c1-13-16-9-15(22(16,2)3)10-17(13)24-11-18(25)28-23(29-19(26)12-24)21-20(27-21)14-7-5-4-6-8-14/h4-8,13,15-17,20-21H,9-12H2,1-3H3/t13-,15+,16-,17?,20+,21-/m1/s1. The molecule has 1 aromatic carbocycles. The summed E-state index contributed by atoms with van der Waals surface area (Å²) in [7, 11) is -0.974. The van der Waals surface area contributed by atoms with Gasteiger partial charge in [-0.1, -0.05) is 51.1 Å². The summed E-state index contributed by atoms with van der Waals surface area (Å²) >= 11 is 0. The number of carbonyl (C=O) groups is 2. The molecule has 0 radical (unpaired) electrons. The van der Waals surface area contributed by atoms with Crippen LogP contribution >= 0.6 is 0 Å². The number of hydrogen-bond acceptors (Lipinski definition) is 6. The minimum atomic E-state index is -0.974. The van der Waals surface area contributed by atoms with E-state index in [-0.39, 0.29) is 37.2 Å². The maximum Gasteiger partial charge on any atom is 0.632 e. The zero-order valence-electron chi connectivity index (χ0n) is 17.2. The molecule has 3 saturated carbocycles. The Morgan fingerprint density at radius 1 is 1.03 bits per heavy atom. The molecule has 5 fully saturated rings. The van der Waals surface area contributed by atoms with E-state index < -0.39 is 13.1 Å². The van der Waals surface area contributed by atoms with Crippen molar-refractivity contribution in [1.82, 2.24) is 4.90 Å². The Labute approximate surface area is 172 Å². The minimum Gasteiger partial charge on any atom is -0.496 e. The molecule has 2 aliphatic heterocycles. The van der Waals surface area contributed by atoms with Gasteiger partial charge in [0.15, 0.2) is 6.00 Å². The SMILES string of the molecule is C[C@H]1C(N2CC(=O)OB([C@@H]3O[C@H]3c3ccccc3)OC(=O)C2)C[C@@H]2C[C@H]1C2(C)C. The topological polar surface area (TPSA) is 68.4 Å². The highest BCUT2D eigenvalue weighted by Crippen LogP contribution is 2.62. The molecule has 6 atom stereocenters. The number of fused-ring (bicyclic) bond motifs is 2. The lowest BCUT2D eigenvalue weighted by atomic mass is 9.44. The molecule has 2 heterocycles. The molecule has 0 aromatic heterocycles. The molecule has 5 aliphatic rings. The second kappa shape index (κ2) is 6.84. The summed E-state index contributed by atoms with van der Waals surface area (Å²) in [4.78, 5) is 27.2. The highest BCUT2D eigenvalue weighted by molar-refractivity contribution is 6.51. The van der Waals surface area contributed by atoms with Gasteiger partial charge in [0.25, 0.3) is 0 Å². The van der Waals surface area contributed by atoms with Crippen molar-refractivity contribution in [1.29, 1.82) is 0 Å². The van der Waals surface area contributed by atoms with Crippen molar-refractivity contribution in [2.45, 2.75) is 51.8 Å². The first-order valence-electron chi connectivity index (χ1n) is 10.7. The molecule has 6 rings (SSSR count). The van der Waals surface area contributed by atoms with E-state index in [4.69, 9.17) is 14.0 Å². The van der Waals surface area contributed by atoms with Crippen molar-refractivity contribution in [3.63, 3.8) is 0 Å². The van der Waals surface area contributed by atoms with Crippen LogP contribution in [0.3, 0.4) is 0 Å². The summed E-state index contributed by atoms with van der Waals surface area (Å²) in [6.45, 7) is 7.20. The van der Waals surface area contributed by atoms with Gasteiger partial charge in [0, 0.05) is 6.04 Å². The predicted molar refractivity (Wildman–Crippen MR) is 107 cm³/mol. The maximum absolute atomic E-state index is 12.6. The Hall–Kier alpha value is -1.86. The molecule has 154 valence electrons. The molecule has 3 aliphatic carbocycles. The number of carbonyl (C=O) groups excluding carboxylic acids is 2. The van der Waals surface area contributed by atoms with Crippen LogP contribution in [-0.2, 0) is 23.6 Å². The smallest absolute Gasteiger partial charge is 0.496 e. The molecule has 2 bridgehead atoms. The minimum absolute atomic E-state index is 0.128. The molecular weight excluding hydrogens is 369 g/mol. The maximum atomic E-state index is 12.6. The average Bonchev–Trinajstić information content (AvgIpc) is 3.47. The van der Waals surface area contributed by atoms with Crippen LogP contribution in [0, 0.1) is 23.2 Å². The number of benzene rings is 1. The van der Waals surface area contributed by atoms with Crippen molar-refractivity contribution in [2.24, 2.45) is 23.2 Å². The van der Waals surface area contributed by atoms with Crippen LogP contribution in [0.5, 0.6) is 0 Å². The van der Waals surface area contributed by atoms with Gasteiger partial charge in [0.2, 0.25) is 0 Å². The van der Waals surface area contributed by atoms with Crippen molar-refractivity contribution >= 4 is 19.1 Å². The van der Waals surface area contributed by atoms with Crippen molar-refractivity contribution in [3.8, 4) is 0 Å². The van der Waals surface area contributed by atoms with E-state index in [1.165, 1.54) is 6.42 Å². The van der Waals surface area contributed by atoms with Crippen LogP contribution < -0.4 is 0 Å². The number of ether oxygens (including phenoxy) is 1. The second-order valence-corrected chi connectivity index (χ2v) is 9.71. The third-order valence-electron chi connectivity index (χ3n) is 7.86. The lowest BCUT2D eigenvalue weighted by molar-refractivity contribution is -0.160. The molecule has 0 spiro atoms. The van der Waals surface area contributed by atoms with E-state index in [0.29, 0.717) is 23.2 Å². The highest BCUT2D eigenvalue weighted by atomic mass is 16.7. The van der Waals surface area contributed by atoms with E-state index in [1.54, 1.807) is 0 Å². The summed E-state index contributed by atoms with van der Waals surface area (Å²) in [6.07, 6.45) is 2.08. The molecule has 2 saturated heterocycles. The van der Waals surface area contributed by atoms with Gasteiger partial charge in [-0.05, 0) is 41.6 Å². The molecule has 0 N–H and O–H groups in total. The fourth-order valence-corrected chi connectivity index (χ4v) is 5.96. The molecule has 1 unspecified atom stereocenters. The first-order valence-corrected chi connectivity index (χ1v) is 10.7.